The summed E-state index contributed by atoms with van der Waals surface area (Å²) in [5.74, 6) is 2.04. The van der Waals surface area contributed by atoms with E-state index in [1.54, 1.807) is 41.5 Å². The fourth-order valence-electron chi connectivity index (χ4n) is 5.12. The summed E-state index contributed by atoms with van der Waals surface area (Å²) < 4.78 is 22.3. The first-order valence-electron chi connectivity index (χ1n) is 13.7. The number of ether oxygens (including phenoxy) is 4. The van der Waals surface area contributed by atoms with Crippen molar-refractivity contribution in [1.82, 2.24) is 9.80 Å². The smallest absolute Gasteiger partial charge is 0.254 e. The number of carbonyl (C=O) groups excluding carboxylic acids is 2. The summed E-state index contributed by atoms with van der Waals surface area (Å²) in [7, 11) is 1.63. The van der Waals surface area contributed by atoms with Gasteiger partial charge in [-0.15, -0.1) is 11.3 Å². The molecule has 9 heteroatoms. The maximum absolute atomic E-state index is 13.8. The molecule has 0 spiro atoms. The molecule has 0 bridgehead atoms. The van der Waals surface area contributed by atoms with Gasteiger partial charge in [-0.1, -0.05) is 26.0 Å². The SMILES string of the molecule is COCCCN(CC(=O)N1CCc2sccc2[C@H]1COc1ccc(C(C)C)cc1)C(=O)c1ccc2c(c1)OCO2. The fraction of sp³-hybridized carbons (Fsp3) is 0.419. The molecule has 3 heterocycles. The van der Waals surface area contributed by atoms with Crippen LogP contribution >= 0.6 is 11.3 Å². The summed E-state index contributed by atoms with van der Waals surface area (Å²) in [6.07, 6.45) is 1.41. The number of rotatable bonds is 11. The summed E-state index contributed by atoms with van der Waals surface area (Å²) >= 11 is 1.72. The molecule has 8 nitrogen and oxygen atoms in total. The lowest BCUT2D eigenvalue weighted by Crippen LogP contribution is -2.48. The largest absolute Gasteiger partial charge is 0.491 e. The van der Waals surface area contributed by atoms with E-state index in [4.69, 9.17) is 18.9 Å². The molecule has 0 saturated carbocycles. The van der Waals surface area contributed by atoms with Crippen LogP contribution in [0.25, 0.3) is 0 Å². The summed E-state index contributed by atoms with van der Waals surface area (Å²) in [6, 6.07) is 15.1. The molecule has 2 aliphatic heterocycles. The van der Waals surface area contributed by atoms with Crippen LogP contribution in [0.1, 0.15) is 58.6 Å². The highest BCUT2D eigenvalue weighted by Crippen LogP contribution is 2.35. The number of methoxy groups -OCH3 is 1. The summed E-state index contributed by atoms with van der Waals surface area (Å²) in [4.78, 5) is 32.2. The van der Waals surface area contributed by atoms with Crippen molar-refractivity contribution in [2.75, 3.05) is 46.8 Å². The van der Waals surface area contributed by atoms with Crippen molar-refractivity contribution in [1.29, 1.82) is 0 Å². The van der Waals surface area contributed by atoms with Gasteiger partial charge >= 0.3 is 0 Å². The molecule has 40 heavy (non-hydrogen) atoms. The molecule has 3 aromatic rings. The van der Waals surface area contributed by atoms with Gasteiger partial charge in [0.2, 0.25) is 12.7 Å². The molecular formula is C31H36N2O6S. The minimum absolute atomic E-state index is 0.0317. The van der Waals surface area contributed by atoms with Gasteiger partial charge in [0.15, 0.2) is 11.5 Å². The van der Waals surface area contributed by atoms with Crippen molar-refractivity contribution < 1.29 is 28.5 Å². The van der Waals surface area contributed by atoms with Crippen LogP contribution in [0.15, 0.2) is 53.9 Å². The first-order chi connectivity index (χ1) is 19.4. The molecule has 0 aliphatic carbocycles. The zero-order chi connectivity index (χ0) is 28.1. The lowest BCUT2D eigenvalue weighted by molar-refractivity contribution is -0.135. The second-order valence-electron chi connectivity index (χ2n) is 10.3. The molecule has 212 valence electrons. The van der Waals surface area contributed by atoms with E-state index in [0.29, 0.717) is 55.7 Å². The van der Waals surface area contributed by atoms with Gasteiger partial charge in [-0.25, -0.2) is 0 Å². The first kappa shape index (κ1) is 28.0. The Labute approximate surface area is 239 Å². The third kappa shape index (κ3) is 6.26. The van der Waals surface area contributed by atoms with Crippen LogP contribution < -0.4 is 14.2 Å². The number of benzene rings is 2. The molecule has 0 unspecified atom stereocenters. The molecular weight excluding hydrogens is 528 g/mol. The Balaban J connectivity index is 1.32. The van der Waals surface area contributed by atoms with Gasteiger partial charge in [0.05, 0.1) is 6.04 Å². The fourth-order valence-corrected chi connectivity index (χ4v) is 6.05. The normalized spacial score (nSPS) is 15.7. The van der Waals surface area contributed by atoms with Crippen molar-refractivity contribution >= 4 is 23.2 Å². The predicted octanol–water partition coefficient (Wildman–Crippen LogP) is 5.28. The molecule has 2 amide bonds. The number of carbonyl (C=O) groups is 2. The van der Waals surface area contributed by atoms with E-state index >= 15 is 0 Å². The Hall–Kier alpha value is -3.56. The quantitative estimate of drug-likeness (QED) is 0.295. The minimum atomic E-state index is -0.228. The summed E-state index contributed by atoms with van der Waals surface area (Å²) in [5, 5.41) is 2.07. The maximum atomic E-state index is 13.8. The van der Waals surface area contributed by atoms with Gasteiger partial charge in [-0.2, -0.15) is 0 Å². The zero-order valence-corrected chi connectivity index (χ0v) is 24.1. The maximum Gasteiger partial charge on any atom is 0.254 e. The highest BCUT2D eigenvalue weighted by atomic mass is 32.1. The number of nitrogens with zero attached hydrogens (tertiary/aromatic N) is 2. The Bertz CT molecular complexity index is 1320. The highest BCUT2D eigenvalue weighted by molar-refractivity contribution is 7.10. The summed E-state index contributed by atoms with van der Waals surface area (Å²) in [6.45, 7) is 6.24. The first-order valence-corrected chi connectivity index (χ1v) is 14.6. The molecule has 0 radical (unpaired) electrons. The number of amides is 2. The van der Waals surface area contributed by atoms with Gasteiger partial charge in [-0.3, -0.25) is 9.59 Å². The molecule has 2 aromatic carbocycles. The van der Waals surface area contributed by atoms with Crippen LogP contribution in [0.5, 0.6) is 17.2 Å². The number of fused-ring (bicyclic) bond motifs is 2. The van der Waals surface area contributed by atoms with E-state index < -0.39 is 0 Å². The topological polar surface area (TPSA) is 77.5 Å². The lowest BCUT2D eigenvalue weighted by Gasteiger charge is -2.37. The van der Waals surface area contributed by atoms with Gasteiger partial charge < -0.3 is 28.7 Å². The molecule has 0 saturated heterocycles. The van der Waals surface area contributed by atoms with E-state index in [1.165, 1.54) is 10.4 Å². The van der Waals surface area contributed by atoms with E-state index in [2.05, 4.69) is 37.4 Å². The standard InChI is InChI=1S/C31H36N2O6S/c1-21(2)22-5-8-24(9-6-22)37-19-26-25-12-16-40-29(25)11-14-33(26)30(34)18-32(13-4-15-36-3)31(35)23-7-10-27-28(17-23)39-20-38-27/h5-10,12,16-17,21,26H,4,11,13-15,18-20H2,1-3H3/t26-/m1/s1. The van der Waals surface area contributed by atoms with E-state index in [-0.39, 0.29) is 31.2 Å². The van der Waals surface area contributed by atoms with Crippen molar-refractivity contribution in [3.8, 4) is 17.2 Å². The van der Waals surface area contributed by atoms with Crippen LogP contribution in [-0.4, -0.2) is 68.4 Å². The predicted molar refractivity (Wildman–Crippen MR) is 153 cm³/mol. The molecule has 1 atom stereocenters. The molecule has 2 aliphatic rings. The Morgan fingerprint density at radius 1 is 1.10 bits per heavy atom. The average molecular weight is 565 g/mol. The van der Waals surface area contributed by atoms with Gasteiger partial charge in [0, 0.05) is 37.2 Å². The van der Waals surface area contributed by atoms with Crippen molar-refractivity contribution in [3.63, 3.8) is 0 Å². The number of thiophene rings is 1. The highest BCUT2D eigenvalue weighted by Gasteiger charge is 2.34. The second kappa shape index (κ2) is 12.7. The monoisotopic (exact) mass is 564 g/mol. The Morgan fingerprint density at radius 3 is 2.67 bits per heavy atom. The zero-order valence-electron chi connectivity index (χ0n) is 23.3. The van der Waals surface area contributed by atoms with E-state index in [9.17, 15) is 9.59 Å². The second-order valence-corrected chi connectivity index (χ2v) is 11.3. The van der Waals surface area contributed by atoms with E-state index in [1.807, 2.05) is 17.0 Å². The van der Waals surface area contributed by atoms with Gasteiger partial charge in [-0.05, 0) is 71.7 Å². The van der Waals surface area contributed by atoms with Crippen LogP contribution in [0.4, 0.5) is 0 Å². The van der Waals surface area contributed by atoms with Crippen molar-refractivity contribution in [2.45, 2.75) is 38.6 Å². The summed E-state index contributed by atoms with van der Waals surface area (Å²) in [5.41, 5.74) is 2.83. The molecule has 5 rings (SSSR count). The Morgan fingerprint density at radius 2 is 1.90 bits per heavy atom. The molecule has 1 aromatic heterocycles. The average Bonchev–Trinajstić information content (AvgIpc) is 3.64. The Kier molecular flexibility index (Phi) is 8.91. The van der Waals surface area contributed by atoms with Crippen LogP contribution in [0, 0.1) is 0 Å². The van der Waals surface area contributed by atoms with E-state index in [0.717, 1.165) is 17.7 Å². The lowest BCUT2D eigenvalue weighted by atomic mass is 10.00. The van der Waals surface area contributed by atoms with Crippen molar-refractivity contribution in [2.24, 2.45) is 0 Å². The molecule has 0 N–H and O–H groups in total. The van der Waals surface area contributed by atoms with Crippen LogP contribution in [0.2, 0.25) is 0 Å². The third-order valence-corrected chi connectivity index (χ3v) is 8.38. The van der Waals surface area contributed by atoms with Crippen molar-refractivity contribution in [3.05, 3.63) is 75.5 Å². The molecule has 0 fully saturated rings. The van der Waals surface area contributed by atoms with Crippen LogP contribution in [-0.2, 0) is 16.0 Å². The van der Waals surface area contributed by atoms with Gasteiger partial charge in [0.25, 0.3) is 5.91 Å². The number of hydrogen-bond donors (Lipinski definition) is 0. The number of hydrogen-bond acceptors (Lipinski definition) is 7. The van der Waals surface area contributed by atoms with Gasteiger partial charge in [0.1, 0.15) is 18.9 Å². The van der Waals surface area contributed by atoms with Crippen LogP contribution in [0.3, 0.4) is 0 Å². The minimum Gasteiger partial charge on any atom is -0.491 e. The third-order valence-electron chi connectivity index (χ3n) is 7.38.